The first-order valence-corrected chi connectivity index (χ1v) is 15.8. The van der Waals surface area contributed by atoms with Gasteiger partial charge in [0, 0.05) is 37.8 Å². The highest BCUT2D eigenvalue weighted by Gasteiger charge is 2.41. The molecule has 0 aliphatic carbocycles. The minimum absolute atomic E-state index is 0.0137. The van der Waals surface area contributed by atoms with Crippen LogP contribution in [0, 0.1) is 0 Å². The molecule has 2 atom stereocenters. The van der Waals surface area contributed by atoms with Crippen LogP contribution in [0.1, 0.15) is 24.0 Å². The van der Waals surface area contributed by atoms with Crippen molar-refractivity contribution in [3.63, 3.8) is 0 Å². The van der Waals surface area contributed by atoms with Crippen LogP contribution >= 0.6 is 11.8 Å². The van der Waals surface area contributed by atoms with Crippen LogP contribution in [0.25, 0.3) is 0 Å². The number of hydrogen-bond acceptors (Lipinski definition) is 8. The summed E-state index contributed by atoms with van der Waals surface area (Å²) in [5.74, 6) is -0.675. The van der Waals surface area contributed by atoms with Gasteiger partial charge in [0.1, 0.15) is 23.7 Å². The number of anilines is 1. The van der Waals surface area contributed by atoms with Crippen LogP contribution in [0.3, 0.4) is 0 Å². The molecule has 10 nitrogen and oxygen atoms in total. The number of carboxylic acids is 1. The van der Waals surface area contributed by atoms with Crippen molar-refractivity contribution in [3.05, 3.63) is 90.1 Å². The second-order valence-corrected chi connectivity index (χ2v) is 12.5. The van der Waals surface area contributed by atoms with Crippen LogP contribution in [0.15, 0.2) is 83.9 Å². The summed E-state index contributed by atoms with van der Waals surface area (Å²) in [6.45, 7) is 0.638. The average molecular weight is 597 g/mol. The maximum Gasteiger partial charge on any atom is 0.326 e. The van der Waals surface area contributed by atoms with Gasteiger partial charge in [-0.2, -0.15) is 4.31 Å². The molecule has 0 bridgehead atoms. The fourth-order valence-corrected chi connectivity index (χ4v) is 7.55. The standard InChI is InChI=1S/C29H32N4O6S2/c34-23(7-6-16-31-27-10-4-5-15-30-27)17-21-11-13-22(14-12-21)18-25(29(36)37)32-28(35)26-19-40-20-33(26)41(38,39)24-8-2-1-3-9-24/h1-5,8-15,25-26H,6-7,16-20H2,(H,30,31)(H,32,35)(H,36,37)/t25?,26-/m0/s1. The summed E-state index contributed by atoms with van der Waals surface area (Å²) >= 11 is 1.30. The number of nitrogens with one attached hydrogen (secondary N) is 2. The van der Waals surface area contributed by atoms with E-state index in [0.717, 1.165) is 15.7 Å². The third kappa shape index (κ3) is 8.38. The van der Waals surface area contributed by atoms with Crippen LogP contribution in [-0.4, -0.2) is 70.7 Å². The molecule has 216 valence electrons. The largest absolute Gasteiger partial charge is 0.480 e. The third-order valence-corrected chi connectivity index (χ3v) is 9.62. The maximum absolute atomic E-state index is 13.1. The second-order valence-electron chi connectivity index (χ2n) is 9.60. The number of sulfonamides is 1. The van der Waals surface area contributed by atoms with E-state index in [1.54, 1.807) is 48.7 Å². The molecular weight excluding hydrogens is 564 g/mol. The Bertz CT molecular complexity index is 1440. The van der Waals surface area contributed by atoms with Gasteiger partial charge >= 0.3 is 5.97 Å². The number of carboxylic acid groups (broad SMARTS) is 1. The van der Waals surface area contributed by atoms with E-state index in [4.69, 9.17) is 0 Å². The predicted molar refractivity (Wildman–Crippen MR) is 157 cm³/mol. The fraction of sp³-hybridized carbons (Fsp3) is 0.310. The number of Topliss-reactive ketones (excluding diaryl/α,β-unsaturated/α-hetero) is 1. The molecule has 1 aromatic heterocycles. The number of aromatic nitrogens is 1. The van der Waals surface area contributed by atoms with E-state index in [-0.39, 0.29) is 35.2 Å². The van der Waals surface area contributed by atoms with Gasteiger partial charge in [0.05, 0.1) is 10.8 Å². The zero-order valence-corrected chi connectivity index (χ0v) is 23.9. The van der Waals surface area contributed by atoms with Gasteiger partial charge in [-0.05, 0) is 41.8 Å². The van der Waals surface area contributed by atoms with Crippen molar-refractivity contribution >= 4 is 45.3 Å². The first-order chi connectivity index (χ1) is 19.7. The van der Waals surface area contributed by atoms with Gasteiger partial charge in [0.15, 0.2) is 0 Å². The summed E-state index contributed by atoms with van der Waals surface area (Å²) in [5, 5.41) is 15.5. The van der Waals surface area contributed by atoms with E-state index in [2.05, 4.69) is 15.6 Å². The SMILES string of the molecule is O=C(CCCNc1ccccn1)Cc1ccc(CC(NC(=O)[C@@H]2CSCN2S(=O)(=O)c2ccccc2)C(=O)O)cc1. The molecule has 1 saturated heterocycles. The molecule has 12 heteroatoms. The third-order valence-electron chi connectivity index (χ3n) is 6.58. The Hall–Kier alpha value is -3.74. The van der Waals surface area contributed by atoms with Crippen molar-refractivity contribution in [3.8, 4) is 0 Å². The first kappa shape index (κ1) is 30.2. The summed E-state index contributed by atoms with van der Waals surface area (Å²) in [4.78, 5) is 41.7. The Morgan fingerprint density at radius 1 is 1.00 bits per heavy atom. The molecule has 1 aliphatic rings. The molecule has 0 spiro atoms. The minimum Gasteiger partial charge on any atom is -0.480 e. The molecule has 1 aliphatic heterocycles. The topological polar surface area (TPSA) is 146 Å². The van der Waals surface area contributed by atoms with Crippen molar-refractivity contribution in [2.45, 2.75) is 42.7 Å². The number of carbonyl (C=O) groups excluding carboxylic acids is 2. The van der Waals surface area contributed by atoms with Crippen molar-refractivity contribution < 1.29 is 27.9 Å². The molecule has 0 saturated carbocycles. The lowest BCUT2D eigenvalue weighted by Gasteiger charge is -2.24. The van der Waals surface area contributed by atoms with Crippen LogP contribution in [0.5, 0.6) is 0 Å². The highest BCUT2D eigenvalue weighted by molar-refractivity contribution is 8.00. The van der Waals surface area contributed by atoms with Crippen LogP contribution < -0.4 is 10.6 Å². The Labute approximate surface area is 243 Å². The van der Waals surface area contributed by atoms with Crippen LogP contribution in [-0.2, 0) is 37.2 Å². The molecule has 1 fully saturated rings. The van der Waals surface area contributed by atoms with Gasteiger partial charge in [0.25, 0.3) is 0 Å². The highest BCUT2D eigenvalue weighted by Crippen LogP contribution is 2.28. The molecule has 2 heterocycles. The number of ketones is 1. The Balaban J connectivity index is 1.29. The van der Waals surface area contributed by atoms with E-state index < -0.39 is 34.0 Å². The van der Waals surface area contributed by atoms with E-state index in [1.807, 2.05) is 18.2 Å². The van der Waals surface area contributed by atoms with Crippen molar-refractivity contribution in [1.82, 2.24) is 14.6 Å². The number of nitrogens with zero attached hydrogens (tertiary/aromatic N) is 2. The predicted octanol–water partition coefficient (Wildman–Crippen LogP) is 2.96. The Morgan fingerprint density at radius 2 is 1.71 bits per heavy atom. The number of rotatable bonds is 14. The number of aliphatic carboxylic acids is 1. The highest BCUT2D eigenvalue weighted by atomic mass is 32.2. The lowest BCUT2D eigenvalue weighted by Crippen LogP contribution is -2.52. The molecule has 1 amide bonds. The van der Waals surface area contributed by atoms with Crippen LogP contribution in [0.4, 0.5) is 5.82 Å². The molecule has 0 radical (unpaired) electrons. The lowest BCUT2D eigenvalue weighted by molar-refractivity contribution is -0.142. The molecule has 3 aromatic rings. The molecule has 4 rings (SSSR count). The van der Waals surface area contributed by atoms with Gasteiger partial charge in [-0.25, -0.2) is 18.2 Å². The lowest BCUT2D eigenvalue weighted by atomic mass is 10.0. The quantitative estimate of drug-likeness (QED) is 0.239. The summed E-state index contributed by atoms with van der Waals surface area (Å²) < 4.78 is 27.3. The average Bonchev–Trinajstić information content (AvgIpc) is 3.48. The zero-order valence-electron chi connectivity index (χ0n) is 22.3. The number of pyridine rings is 1. The summed E-state index contributed by atoms with van der Waals surface area (Å²) in [7, 11) is -3.91. The molecular formula is C29H32N4O6S2. The summed E-state index contributed by atoms with van der Waals surface area (Å²) in [5.41, 5.74) is 1.49. The zero-order chi connectivity index (χ0) is 29.2. The Morgan fingerprint density at radius 3 is 2.39 bits per heavy atom. The summed E-state index contributed by atoms with van der Waals surface area (Å²) in [6, 6.07) is 18.2. The summed E-state index contributed by atoms with van der Waals surface area (Å²) in [6.07, 6.45) is 3.09. The van der Waals surface area contributed by atoms with Gasteiger partial charge in [-0.15, -0.1) is 11.8 Å². The molecule has 3 N–H and O–H groups in total. The van der Waals surface area contributed by atoms with Crippen molar-refractivity contribution in [2.75, 3.05) is 23.5 Å². The number of hydrogen-bond donors (Lipinski definition) is 3. The Kier molecular flexibility index (Phi) is 10.5. The van der Waals surface area contributed by atoms with Gasteiger partial charge < -0.3 is 15.7 Å². The number of amides is 1. The normalized spacial score (nSPS) is 16.1. The smallest absolute Gasteiger partial charge is 0.326 e. The first-order valence-electron chi connectivity index (χ1n) is 13.2. The van der Waals surface area contributed by atoms with E-state index in [1.165, 1.54) is 23.9 Å². The van der Waals surface area contributed by atoms with Gasteiger partial charge in [-0.1, -0.05) is 48.5 Å². The van der Waals surface area contributed by atoms with Gasteiger partial charge in [-0.3, -0.25) is 9.59 Å². The minimum atomic E-state index is -3.91. The maximum atomic E-state index is 13.1. The van der Waals surface area contributed by atoms with E-state index in [0.29, 0.717) is 24.9 Å². The van der Waals surface area contributed by atoms with Gasteiger partial charge in [0.2, 0.25) is 15.9 Å². The van der Waals surface area contributed by atoms with Crippen molar-refractivity contribution in [1.29, 1.82) is 0 Å². The second kappa shape index (κ2) is 14.2. The number of benzene rings is 2. The monoisotopic (exact) mass is 596 g/mol. The fourth-order valence-electron chi connectivity index (χ4n) is 4.38. The van der Waals surface area contributed by atoms with E-state index >= 15 is 0 Å². The number of carbonyl (C=O) groups is 3. The van der Waals surface area contributed by atoms with Crippen LogP contribution in [0.2, 0.25) is 0 Å². The number of thioether (sulfide) groups is 1. The van der Waals surface area contributed by atoms with Crippen molar-refractivity contribution in [2.24, 2.45) is 0 Å². The molecule has 2 aromatic carbocycles. The molecule has 41 heavy (non-hydrogen) atoms. The molecule has 1 unspecified atom stereocenters. The van der Waals surface area contributed by atoms with E-state index in [9.17, 15) is 27.9 Å².